The first-order valence-corrected chi connectivity index (χ1v) is 6.97. The molecule has 1 aliphatic rings. The minimum absolute atomic E-state index is 0.0378. The van der Waals surface area contributed by atoms with Crippen LogP contribution in [0.2, 0.25) is 0 Å². The Kier molecular flexibility index (Phi) is 5.35. The van der Waals surface area contributed by atoms with Gasteiger partial charge in [0.2, 0.25) is 5.91 Å². The molecule has 0 radical (unpaired) electrons. The molecule has 1 fully saturated rings. The number of carbonyl (C=O) groups is 2. The van der Waals surface area contributed by atoms with Crippen molar-refractivity contribution in [1.29, 1.82) is 0 Å². The maximum Gasteiger partial charge on any atom is 0.307 e. The molecule has 5 heteroatoms. The van der Waals surface area contributed by atoms with Gasteiger partial charge in [0.1, 0.15) is 0 Å². The number of amides is 1. The lowest BCUT2D eigenvalue weighted by atomic mass is 9.61. The van der Waals surface area contributed by atoms with Crippen LogP contribution in [0.4, 0.5) is 0 Å². The van der Waals surface area contributed by atoms with Crippen LogP contribution in [0, 0.1) is 17.3 Å². The zero-order valence-electron chi connectivity index (χ0n) is 12.3. The number of carboxylic acid groups (broad SMARTS) is 1. The summed E-state index contributed by atoms with van der Waals surface area (Å²) in [6.07, 6.45) is 1.83. The second-order valence-corrected chi connectivity index (χ2v) is 6.11. The predicted octanol–water partition coefficient (Wildman–Crippen LogP) is 1.24. The number of hydrogen-bond donors (Lipinski definition) is 3. The molecule has 0 aliphatic heterocycles. The lowest BCUT2D eigenvalue weighted by molar-refractivity contribution is -0.150. The van der Waals surface area contributed by atoms with Crippen LogP contribution in [0.1, 0.15) is 40.0 Å². The standard InChI is InChI=1S/C14H26N2O3/c1-9-11(16-12(17)7-8-15-4)6-5-10(13(18)19)14(9,2)3/h9-11,15H,5-8H2,1-4H3,(H,16,17)(H,18,19). The average molecular weight is 270 g/mol. The van der Waals surface area contributed by atoms with Crippen LogP contribution in [-0.4, -0.2) is 36.6 Å². The van der Waals surface area contributed by atoms with Crippen LogP contribution in [0.25, 0.3) is 0 Å². The van der Waals surface area contributed by atoms with Crippen molar-refractivity contribution in [2.75, 3.05) is 13.6 Å². The molecule has 0 spiro atoms. The van der Waals surface area contributed by atoms with Crippen molar-refractivity contribution in [3.63, 3.8) is 0 Å². The van der Waals surface area contributed by atoms with Crippen molar-refractivity contribution in [1.82, 2.24) is 10.6 Å². The first-order chi connectivity index (χ1) is 8.80. The third kappa shape index (κ3) is 3.69. The average Bonchev–Trinajstić information content (AvgIpc) is 2.32. The zero-order valence-corrected chi connectivity index (χ0v) is 12.3. The Morgan fingerprint density at radius 3 is 2.47 bits per heavy atom. The van der Waals surface area contributed by atoms with E-state index >= 15 is 0 Å². The van der Waals surface area contributed by atoms with E-state index < -0.39 is 5.97 Å². The second-order valence-electron chi connectivity index (χ2n) is 6.11. The van der Waals surface area contributed by atoms with Crippen LogP contribution in [0.3, 0.4) is 0 Å². The highest BCUT2D eigenvalue weighted by Crippen LogP contribution is 2.45. The molecule has 110 valence electrons. The molecule has 1 rings (SSSR count). The van der Waals surface area contributed by atoms with Gasteiger partial charge in [-0.1, -0.05) is 20.8 Å². The summed E-state index contributed by atoms with van der Waals surface area (Å²) >= 11 is 0. The number of carboxylic acids is 1. The Morgan fingerprint density at radius 1 is 1.32 bits per heavy atom. The van der Waals surface area contributed by atoms with Gasteiger partial charge in [-0.2, -0.15) is 0 Å². The summed E-state index contributed by atoms with van der Waals surface area (Å²) in [5.41, 5.74) is -0.301. The summed E-state index contributed by atoms with van der Waals surface area (Å²) in [7, 11) is 1.82. The summed E-state index contributed by atoms with van der Waals surface area (Å²) in [5.74, 6) is -0.860. The van der Waals surface area contributed by atoms with Gasteiger partial charge in [0.15, 0.2) is 0 Å². The molecular formula is C14H26N2O3. The zero-order chi connectivity index (χ0) is 14.6. The summed E-state index contributed by atoms with van der Waals surface area (Å²) in [5, 5.41) is 15.3. The fourth-order valence-electron chi connectivity index (χ4n) is 2.96. The van der Waals surface area contributed by atoms with Crippen LogP contribution in [0.5, 0.6) is 0 Å². The molecule has 3 N–H and O–H groups in total. The summed E-state index contributed by atoms with van der Waals surface area (Å²) < 4.78 is 0. The van der Waals surface area contributed by atoms with Crippen molar-refractivity contribution in [3.8, 4) is 0 Å². The molecule has 0 aromatic heterocycles. The number of rotatable bonds is 5. The fourth-order valence-corrected chi connectivity index (χ4v) is 2.96. The monoisotopic (exact) mass is 270 g/mol. The van der Waals surface area contributed by atoms with Crippen molar-refractivity contribution >= 4 is 11.9 Å². The molecular weight excluding hydrogens is 244 g/mol. The lowest BCUT2D eigenvalue weighted by Crippen LogP contribution is -2.52. The van der Waals surface area contributed by atoms with E-state index in [2.05, 4.69) is 10.6 Å². The van der Waals surface area contributed by atoms with Crippen LogP contribution >= 0.6 is 0 Å². The van der Waals surface area contributed by atoms with E-state index in [1.807, 2.05) is 27.8 Å². The number of aliphatic carboxylic acids is 1. The molecule has 1 aliphatic carbocycles. The van der Waals surface area contributed by atoms with E-state index in [0.717, 1.165) is 6.42 Å². The van der Waals surface area contributed by atoms with Crippen molar-refractivity contribution in [3.05, 3.63) is 0 Å². The molecule has 3 unspecified atom stereocenters. The maximum absolute atomic E-state index is 11.8. The Morgan fingerprint density at radius 2 is 1.95 bits per heavy atom. The summed E-state index contributed by atoms with van der Waals surface area (Å²) in [6, 6.07) is 0.0787. The maximum atomic E-state index is 11.8. The Balaban J connectivity index is 2.65. The van der Waals surface area contributed by atoms with Gasteiger partial charge in [-0.15, -0.1) is 0 Å². The lowest BCUT2D eigenvalue weighted by Gasteiger charge is -2.46. The van der Waals surface area contributed by atoms with E-state index in [1.54, 1.807) is 0 Å². The van der Waals surface area contributed by atoms with Gasteiger partial charge in [0, 0.05) is 19.0 Å². The molecule has 0 aromatic carbocycles. The van der Waals surface area contributed by atoms with E-state index in [-0.39, 0.29) is 29.2 Å². The topological polar surface area (TPSA) is 78.4 Å². The van der Waals surface area contributed by atoms with Gasteiger partial charge in [-0.05, 0) is 31.2 Å². The summed E-state index contributed by atoms with van der Waals surface area (Å²) in [6.45, 7) is 6.68. The second kappa shape index (κ2) is 6.37. The number of nitrogens with one attached hydrogen (secondary N) is 2. The highest BCUT2D eigenvalue weighted by molar-refractivity contribution is 5.76. The van der Waals surface area contributed by atoms with E-state index in [4.69, 9.17) is 0 Å². The number of carbonyl (C=O) groups excluding carboxylic acids is 1. The highest BCUT2D eigenvalue weighted by atomic mass is 16.4. The van der Waals surface area contributed by atoms with Crippen molar-refractivity contribution < 1.29 is 14.7 Å². The minimum atomic E-state index is -0.725. The first kappa shape index (κ1) is 16.0. The van der Waals surface area contributed by atoms with Crippen LogP contribution < -0.4 is 10.6 Å². The quantitative estimate of drug-likeness (QED) is 0.702. The molecule has 0 saturated heterocycles. The van der Waals surface area contributed by atoms with Gasteiger partial charge in [0.05, 0.1) is 5.92 Å². The van der Waals surface area contributed by atoms with Crippen LogP contribution in [0.15, 0.2) is 0 Å². The molecule has 0 aromatic rings. The Bertz CT molecular complexity index is 342. The SMILES string of the molecule is CNCCC(=O)NC1CCC(C(=O)O)C(C)(C)C1C. The summed E-state index contributed by atoms with van der Waals surface area (Å²) in [4.78, 5) is 23.1. The predicted molar refractivity (Wildman–Crippen MR) is 73.8 cm³/mol. The van der Waals surface area contributed by atoms with E-state index in [1.165, 1.54) is 0 Å². The minimum Gasteiger partial charge on any atom is -0.481 e. The number of hydrogen-bond acceptors (Lipinski definition) is 3. The Hall–Kier alpha value is -1.10. The molecule has 1 amide bonds. The smallest absolute Gasteiger partial charge is 0.307 e. The van der Waals surface area contributed by atoms with Gasteiger partial charge >= 0.3 is 5.97 Å². The van der Waals surface area contributed by atoms with E-state index in [0.29, 0.717) is 19.4 Å². The molecule has 0 heterocycles. The normalized spacial score (nSPS) is 29.8. The van der Waals surface area contributed by atoms with Crippen LogP contribution in [-0.2, 0) is 9.59 Å². The highest BCUT2D eigenvalue weighted by Gasteiger charge is 2.46. The van der Waals surface area contributed by atoms with E-state index in [9.17, 15) is 14.7 Å². The third-order valence-electron chi connectivity index (χ3n) is 4.69. The molecule has 3 atom stereocenters. The van der Waals surface area contributed by atoms with Gasteiger partial charge in [0.25, 0.3) is 0 Å². The molecule has 1 saturated carbocycles. The van der Waals surface area contributed by atoms with Crippen molar-refractivity contribution in [2.24, 2.45) is 17.3 Å². The molecule has 19 heavy (non-hydrogen) atoms. The molecule has 0 bridgehead atoms. The third-order valence-corrected chi connectivity index (χ3v) is 4.69. The van der Waals surface area contributed by atoms with Gasteiger partial charge in [-0.3, -0.25) is 9.59 Å². The largest absolute Gasteiger partial charge is 0.481 e. The fraction of sp³-hybridized carbons (Fsp3) is 0.857. The molecule has 5 nitrogen and oxygen atoms in total. The first-order valence-electron chi connectivity index (χ1n) is 6.97. The van der Waals surface area contributed by atoms with Gasteiger partial charge in [-0.25, -0.2) is 0 Å². The van der Waals surface area contributed by atoms with Gasteiger partial charge < -0.3 is 15.7 Å². The van der Waals surface area contributed by atoms with Crippen molar-refractivity contribution in [2.45, 2.75) is 46.1 Å². The Labute approximate surface area is 115 Å².